The van der Waals surface area contributed by atoms with Gasteiger partial charge in [0.15, 0.2) is 11.9 Å². The molecule has 0 radical (unpaired) electrons. The Balaban J connectivity index is 3.25. The highest BCUT2D eigenvalue weighted by molar-refractivity contribution is 5.22. The van der Waals surface area contributed by atoms with Crippen molar-refractivity contribution in [3.05, 3.63) is 29.1 Å². The van der Waals surface area contributed by atoms with E-state index in [1.165, 1.54) is 16.8 Å². The van der Waals surface area contributed by atoms with Gasteiger partial charge in [0.05, 0.1) is 0 Å². The monoisotopic (exact) mass is 150 g/mol. The smallest absolute Gasteiger partial charge is 0.181 e. The number of nitrogens with zero attached hydrogens (tertiary/aromatic N) is 1. The third kappa shape index (κ3) is 1.42. The first kappa shape index (κ1) is 8.25. The number of pyridine rings is 1. The predicted molar refractivity (Wildman–Crippen MR) is 46.5 cm³/mol. The summed E-state index contributed by atoms with van der Waals surface area (Å²) in [6.45, 7) is 9.74. The average Bonchev–Trinajstić information content (AvgIpc) is 2.01. The van der Waals surface area contributed by atoms with Crippen molar-refractivity contribution in [1.29, 1.82) is 0 Å². The Morgan fingerprint density at radius 3 is 2.45 bits per heavy atom. The van der Waals surface area contributed by atoms with Gasteiger partial charge in [0.1, 0.15) is 6.54 Å². The zero-order valence-corrected chi connectivity index (χ0v) is 7.81. The number of hydrogen-bond donors (Lipinski definition) is 0. The van der Waals surface area contributed by atoms with Crippen LogP contribution in [0.25, 0.3) is 0 Å². The first-order chi connectivity index (χ1) is 5.16. The Morgan fingerprint density at radius 1 is 1.27 bits per heavy atom. The van der Waals surface area contributed by atoms with Gasteiger partial charge in [-0.1, -0.05) is 0 Å². The van der Waals surface area contributed by atoms with Crippen molar-refractivity contribution in [3.8, 4) is 0 Å². The fourth-order valence-corrected chi connectivity index (χ4v) is 1.28. The number of aryl methyl sites for hydroxylation is 2. The van der Waals surface area contributed by atoms with Gasteiger partial charge in [0, 0.05) is 18.6 Å². The van der Waals surface area contributed by atoms with E-state index in [4.69, 9.17) is 0 Å². The maximum Gasteiger partial charge on any atom is 0.181 e. The van der Waals surface area contributed by atoms with Crippen molar-refractivity contribution in [3.63, 3.8) is 0 Å². The van der Waals surface area contributed by atoms with E-state index in [0.717, 1.165) is 6.54 Å². The second-order valence-corrected chi connectivity index (χ2v) is 3.00. The summed E-state index contributed by atoms with van der Waals surface area (Å²) in [7, 11) is 0. The molecular formula is C10H16N+. The lowest BCUT2D eigenvalue weighted by Crippen LogP contribution is -2.36. The minimum atomic E-state index is 1.06. The highest BCUT2D eigenvalue weighted by atomic mass is 14.9. The van der Waals surface area contributed by atoms with E-state index in [-0.39, 0.29) is 0 Å². The summed E-state index contributed by atoms with van der Waals surface area (Å²) in [5.41, 5.74) is 4.18. The number of rotatable bonds is 1. The molecular weight excluding hydrogens is 134 g/mol. The van der Waals surface area contributed by atoms with Crippen molar-refractivity contribution >= 4 is 0 Å². The first-order valence-corrected chi connectivity index (χ1v) is 4.13. The van der Waals surface area contributed by atoms with E-state index in [0.29, 0.717) is 0 Å². The minimum absolute atomic E-state index is 1.06. The highest BCUT2D eigenvalue weighted by Crippen LogP contribution is 2.06. The quantitative estimate of drug-likeness (QED) is 0.538. The third-order valence-corrected chi connectivity index (χ3v) is 2.41. The van der Waals surface area contributed by atoms with E-state index in [9.17, 15) is 0 Å². The zero-order chi connectivity index (χ0) is 8.43. The summed E-state index contributed by atoms with van der Waals surface area (Å²) >= 11 is 0. The van der Waals surface area contributed by atoms with Crippen molar-refractivity contribution in [1.82, 2.24) is 0 Å². The summed E-state index contributed by atoms with van der Waals surface area (Å²) < 4.78 is 2.27. The van der Waals surface area contributed by atoms with Crippen LogP contribution in [0.2, 0.25) is 0 Å². The SMILES string of the molecule is CC[n+]1ccc(C)c(C)c1C. The molecule has 0 aliphatic heterocycles. The molecule has 60 valence electrons. The lowest BCUT2D eigenvalue weighted by Gasteiger charge is -2.02. The molecule has 1 aromatic heterocycles. The molecule has 0 N–H and O–H groups in total. The molecule has 1 heterocycles. The molecule has 11 heavy (non-hydrogen) atoms. The van der Waals surface area contributed by atoms with Crippen LogP contribution in [0.15, 0.2) is 12.3 Å². The zero-order valence-electron chi connectivity index (χ0n) is 7.81. The number of hydrogen-bond acceptors (Lipinski definition) is 0. The van der Waals surface area contributed by atoms with Crippen LogP contribution in [0.4, 0.5) is 0 Å². The van der Waals surface area contributed by atoms with Gasteiger partial charge in [-0.3, -0.25) is 0 Å². The molecule has 0 aromatic carbocycles. The van der Waals surface area contributed by atoms with Crippen LogP contribution >= 0.6 is 0 Å². The van der Waals surface area contributed by atoms with Gasteiger partial charge in [-0.2, -0.15) is 0 Å². The van der Waals surface area contributed by atoms with Crippen molar-refractivity contribution in [2.45, 2.75) is 34.2 Å². The van der Waals surface area contributed by atoms with Crippen LogP contribution in [-0.4, -0.2) is 0 Å². The second kappa shape index (κ2) is 3.04. The Hall–Kier alpha value is -0.850. The van der Waals surface area contributed by atoms with Gasteiger partial charge in [-0.05, 0) is 26.3 Å². The molecule has 1 nitrogen and oxygen atoms in total. The maximum absolute atomic E-state index is 2.27. The fourth-order valence-electron chi connectivity index (χ4n) is 1.28. The molecule has 0 fully saturated rings. The Bertz CT molecular complexity index is 264. The molecule has 0 amide bonds. The molecule has 1 heteroatoms. The van der Waals surface area contributed by atoms with Gasteiger partial charge >= 0.3 is 0 Å². The standard InChI is InChI=1S/C10H16N/c1-5-11-7-6-8(2)9(3)10(11)4/h6-7H,5H2,1-4H3/q+1. The Morgan fingerprint density at radius 2 is 1.91 bits per heavy atom. The van der Waals surface area contributed by atoms with E-state index in [1.807, 2.05) is 0 Å². The molecule has 0 aliphatic rings. The molecule has 0 saturated heterocycles. The topological polar surface area (TPSA) is 3.88 Å². The van der Waals surface area contributed by atoms with E-state index >= 15 is 0 Å². The average molecular weight is 150 g/mol. The summed E-state index contributed by atoms with van der Waals surface area (Å²) in [4.78, 5) is 0. The molecule has 0 saturated carbocycles. The van der Waals surface area contributed by atoms with Crippen molar-refractivity contribution < 1.29 is 4.57 Å². The third-order valence-electron chi connectivity index (χ3n) is 2.41. The van der Waals surface area contributed by atoms with Crippen LogP contribution in [0.3, 0.4) is 0 Å². The highest BCUT2D eigenvalue weighted by Gasteiger charge is 2.07. The molecule has 1 rings (SSSR count). The summed E-state index contributed by atoms with van der Waals surface area (Å²) in [5, 5.41) is 0. The van der Waals surface area contributed by atoms with Crippen LogP contribution in [0.5, 0.6) is 0 Å². The van der Waals surface area contributed by atoms with Gasteiger partial charge in [0.25, 0.3) is 0 Å². The summed E-state index contributed by atoms with van der Waals surface area (Å²) in [5.74, 6) is 0. The lowest BCUT2D eigenvalue weighted by atomic mass is 10.1. The molecule has 0 aliphatic carbocycles. The van der Waals surface area contributed by atoms with Crippen molar-refractivity contribution in [2.24, 2.45) is 0 Å². The Labute approximate surface area is 68.7 Å². The summed E-state index contributed by atoms with van der Waals surface area (Å²) in [6.07, 6.45) is 2.15. The minimum Gasteiger partial charge on any atom is -0.203 e. The van der Waals surface area contributed by atoms with Crippen LogP contribution in [0.1, 0.15) is 23.7 Å². The van der Waals surface area contributed by atoms with Crippen LogP contribution < -0.4 is 4.57 Å². The van der Waals surface area contributed by atoms with Crippen LogP contribution in [-0.2, 0) is 6.54 Å². The van der Waals surface area contributed by atoms with Gasteiger partial charge < -0.3 is 0 Å². The van der Waals surface area contributed by atoms with E-state index in [2.05, 4.69) is 44.5 Å². The Kier molecular flexibility index (Phi) is 2.28. The molecule has 0 bridgehead atoms. The fraction of sp³-hybridized carbons (Fsp3) is 0.500. The maximum atomic E-state index is 2.27. The number of aromatic nitrogens is 1. The molecule has 0 unspecified atom stereocenters. The summed E-state index contributed by atoms with van der Waals surface area (Å²) in [6, 6.07) is 2.17. The predicted octanol–water partition coefficient (Wildman–Crippen LogP) is 1.92. The molecule has 0 atom stereocenters. The van der Waals surface area contributed by atoms with Gasteiger partial charge in [-0.25, -0.2) is 4.57 Å². The van der Waals surface area contributed by atoms with Crippen molar-refractivity contribution in [2.75, 3.05) is 0 Å². The second-order valence-electron chi connectivity index (χ2n) is 3.00. The molecule has 1 aromatic rings. The molecule has 0 spiro atoms. The van der Waals surface area contributed by atoms with Crippen LogP contribution in [0, 0.1) is 20.8 Å². The normalized spacial score (nSPS) is 10.2. The van der Waals surface area contributed by atoms with Gasteiger partial charge in [-0.15, -0.1) is 0 Å². The largest absolute Gasteiger partial charge is 0.203 e. The van der Waals surface area contributed by atoms with Gasteiger partial charge in [0.2, 0.25) is 0 Å². The van der Waals surface area contributed by atoms with E-state index in [1.54, 1.807) is 0 Å². The first-order valence-electron chi connectivity index (χ1n) is 4.13. The lowest BCUT2D eigenvalue weighted by molar-refractivity contribution is -0.699. The van der Waals surface area contributed by atoms with E-state index < -0.39 is 0 Å².